The van der Waals surface area contributed by atoms with Crippen molar-refractivity contribution >= 4 is 34.6 Å². The number of nitrogens with zero attached hydrogens (tertiary/aromatic N) is 1. The summed E-state index contributed by atoms with van der Waals surface area (Å²) in [6.45, 7) is 2.04. The van der Waals surface area contributed by atoms with Crippen molar-refractivity contribution in [3.8, 4) is 0 Å². The highest BCUT2D eigenvalue weighted by molar-refractivity contribution is 7.11. The molecule has 0 saturated carbocycles. The van der Waals surface area contributed by atoms with E-state index in [1.165, 1.54) is 5.56 Å². The second-order valence-corrected chi connectivity index (χ2v) is 4.90. The molecule has 84 valence electrons. The van der Waals surface area contributed by atoms with E-state index in [9.17, 15) is 4.79 Å². The highest BCUT2D eigenvalue weighted by atomic mass is 32.1. The highest BCUT2D eigenvalue weighted by Gasteiger charge is 2.23. The normalized spacial score (nSPS) is 16.1. The fourth-order valence-corrected chi connectivity index (χ4v) is 2.67. The van der Waals surface area contributed by atoms with Gasteiger partial charge in [-0.3, -0.25) is 9.78 Å². The predicted octanol–water partition coefficient (Wildman–Crippen LogP) is 2.94. The predicted molar refractivity (Wildman–Crippen MR) is 69.8 cm³/mol. The van der Waals surface area contributed by atoms with Gasteiger partial charge in [0.2, 0.25) is 0 Å². The van der Waals surface area contributed by atoms with Crippen LogP contribution in [-0.2, 0) is 4.79 Å². The molecule has 0 radical (unpaired) electrons. The molecule has 0 fully saturated rings. The maximum atomic E-state index is 11.8. The van der Waals surface area contributed by atoms with Gasteiger partial charge in [-0.2, -0.15) is 0 Å². The molecule has 3 nitrogen and oxygen atoms in total. The average molecular weight is 242 g/mol. The summed E-state index contributed by atoms with van der Waals surface area (Å²) >= 11 is 1.64. The van der Waals surface area contributed by atoms with Gasteiger partial charge in [0.05, 0.1) is 11.3 Å². The van der Waals surface area contributed by atoms with E-state index in [2.05, 4.69) is 21.7 Å². The quantitative estimate of drug-likeness (QED) is 0.781. The van der Waals surface area contributed by atoms with Crippen molar-refractivity contribution in [2.24, 2.45) is 0 Å². The van der Waals surface area contributed by atoms with E-state index in [4.69, 9.17) is 0 Å². The molecule has 3 rings (SSSR count). The first-order valence-corrected chi connectivity index (χ1v) is 6.14. The zero-order valence-corrected chi connectivity index (χ0v) is 10.0. The van der Waals surface area contributed by atoms with Crippen LogP contribution < -0.4 is 5.32 Å². The first kappa shape index (κ1) is 10.2. The van der Waals surface area contributed by atoms with Gasteiger partial charge in [-0.05, 0) is 36.1 Å². The van der Waals surface area contributed by atoms with Crippen molar-refractivity contribution in [1.29, 1.82) is 0 Å². The third kappa shape index (κ3) is 1.76. The Bertz CT molecular complexity index is 628. The van der Waals surface area contributed by atoms with Crippen molar-refractivity contribution < 1.29 is 4.79 Å². The molecular formula is C13H10N2OS. The molecule has 2 aromatic heterocycles. The first-order chi connectivity index (χ1) is 8.24. The molecule has 0 bridgehead atoms. The smallest absolute Gasteiger partial charge is 0.256 e. The molecule has 1 aliphatic heterocycles. The number of thiophene rings is 1. The van der Waals surface area contributed by atoms with Crippen LogP contribution in [0.3, 0.4) is 0 Å². The molecule has 0 atom stereocenters. The lowest BCUT2D eigenvalue weighted by molar-refractivity contribution is -0.110. The van der Waals surface area contributed by atoms with E-state index < -0.39 is 0 Å². The summed E-state index contributed by atoms with van der Waals surface area (Å²) in [5, 5.41) is 4.90. The molecule has 2 aromatic rings. The Balaban J connectivity index is 2.09. The largest absolute Gasteiger partial charge is 0.321 e. The molecule has 3 heterocycles. The van der Waals surface area contributed by atoms with Crippen molar-refractivity contribution in [2.75, 3.05) is 5.32 Å². The number of fused-ring (bicyclic) bond motifs is 1. The third-order valence-electron chi connectivity index (χ3n) is 2.64. The van der Waals surface area contributed by atoms with Gasteiger partial charge in [-0.1, -0.05) is 0 Å². The number of hydrogen-bond acceptors (Lipinski definition) is 3. The minimum absolute atomic E-state index is 0.0564. The van der Waals surface area contributed by atoms with Crippen LogP contribution in [0.15, 0.2) is 29.9 Å². The number of aryl methyl sites for hydroxylation is 1. The Hall–Kier alpha value is -1.94. The van der Waals surface area contributed by atoms with Crippen LogP contribution in [0.5, 0.6) is 0 Å². The standard InChI is InChI=1S/C13H10N2OS/c1-8-4-9(17-7-8)5-10-11-6-14-3-2-12(11)15-13(10)16/h2-7H,1H3,(H,15,16). The number of carbonyl (C=O) groups excluding carboxylic acids is 1. The van der Waals surface area contributed by atoms with Crippen LogP contribution in [0.25, 0.3) is 11.6 Å². The second-order valence-electron chi connectivity index (χ2n) is 3.96. The maximum absolute atomic E-state index is 11.8. The lowest BCUT2D eigenvalue weighted by Crippen LogP contribution is -2.03. The monoisotopic (exact) mass is 242 g/mol. The number of nitrogens with one attached hydrogen (secondary N) is 1. The van der Waals surface area contributed by atoms with Crippen LogP contribution in [-0.4, -0.2) is 10.9 Å². The van der Waals surface area contributed by atoms with Gasteiger partial charge in [-0.15, -0.1) is 11.3 Å². The van der Waals surface area contributed by atoms with Crippen molar-refractivity contribution in [3.05, 3.63) is 45.9 Å². The molecule has 17 heavy (non-hydrogen) atoms. The number of rotatable bonds is 1. The fraction of sp³-hybridized carbons (Fsp3) is 0.0769. The van der Waals surface area contributed by atoms with Crippen LogP contribution in [0.4, 0.5) is 5.69 Å². The molecule has 4 heteroatoms. The Labute approximate surface area is 103 Å². The average Bonchev–Trinajstić information content (AvgIpc) is 2.85. The minimum Gasteiger partial charge on any atom is -0.321 e. The summed E-state index contributed by atoms with van der Waals surface area (Å²) in [6, 6.07) is 3.88. The lowest BCUT2D eigenvalue weighted by atomic mass is 10.1. The number of hydrogen-bond donors (Lipinski definition) is 1. The Morgan fingerprint density at radius 2 is 2.35 bits per heavy atom. The van der Waals surface area contributed by atoms with Crippen LogP contribution in [0, 0.1) is 6.92 Å². The molecular weight excluding hydrogens is 232 g/mol. The van der Waals surface area contributed by atoms with Gasteiger partial charge in [-0.25, -0.2) is 0 Å². The fourth-order valence-electron chi connectivity index (χ4n) is 1.84. The third-order valence-corrected chi connectivity index (χ3v) is 3.64. The highest BCUT2D eigenvalue weighted by Crippen LogP contribution is 2.32. The summed E-state index contributed by atoms with van der Waals surface area (Å²) in [6.07, 6.45) is 5.32. The zero-order chi connectivity index (χ0) is 11.8. The molecule has 0 aliphatic carbocycles. The molecule has 1 amide bonds. The summed E-state index contributed by atoms with van der Waals surface area (Å²) in [5.41, 5.74) is 3.62. The Morgan fingerprint density at radius 1 is 1.47 bits per heavy atom. The van der Waals surface area contributed by atoms with Gasteiger partial charge in [0.15, 0.2) is 0 Å². The molecule has 0 spiro atoms. The first-order valence-electron chi connectivity index (χ1n) is 5.26. The Kier molecular flexibility index (Phi) is 2.30. The second kappa shape index (κ2) is 3.82. The van der Waals surface area contributed by atoms with E-state index >= 15 is 0 Å². The number of pyridine rings is 1. The van der Waals surface area contributed by atoms with Gasteiger partial charge in [0, 0.05) is 22.8 Å². The Morgan fingerprint density at radius 3 is 3.12 bits per heavy atom. The van der Waals surface area contributed by atoms with Crippen molar-refractivity contribution in [3.63, 3.8) is 0 Å². The lowest BCUT2D eigenvalue weighted by Gasteiger charge is -1.95. The molecule has 1 aliphatic rings. The zero-order valence-electron chi connectivity index (χ0n) is 9.23. The van der Waals surface area contributed by atoms with Gasteiger partial charge < -0.3 is 5.32 Å². The van der Waals surface area contributed by atoms with Crippen LogP contribution >= 0.6 is 11.3 Å². The van der Waals surface area contributed by atoms with Gasteiger partial charge >= 0.3 is 0 Å². The summed E-state index contributed by atoms with van der Waals surface area (Å²) in [7, 11) is 0. The topological polar surface area (TPSA) is 42.0 Å². The van der Waals surface area contributed by atoms with E-state index in [1.54, 1.807) is 23.7 Å². The van der Waals surface area contributed by atoms with E-state index in [-0.39, 0.29) is 5.91 Å². The van der Waals surface area contributed by atoms with Crippen molar-refractivity contribution in [1.82, 2.24) is 4.98 Å². The molecule has 0 aromatic carbocycles. The number of anilines is 1. The summed E-state index contributed by atoms with van der Waals surface area (Å²) in [5.74, 6) is -0.0564. The van der Waals surface area contributed by atoms with Gasteiger partial charge in [0.25, 0.3) is 5.91 Å². The number of carbonyl (C=O) groups is 1. The minimum atomic E-state index is -0.0564. The van der Waals surface area contributed by atoms with Crippen molar-refractivity contribution in [2.45, 2.75) is 6.92 Å². The van der Waals surface area contributed by atoms with E-state index in [1.807, 2.05) is 19.1 Å². The summed E-state index contributed by atoms with van der Waals surface area (Å²) in [4.78, 5) is 17.0. The van der Waals surface area contributed by atoms with Crippen LogP contribution in [0.1, 0.15) is 16.0 Å². The molecule has 0 saturated heterocycles. The SMILES string of the molecule is Cc1csc(C=C2C(=O)Nc3ccncc32)c1. The number of amides is 1. The molecule has 0 unspecified atom stereocenters. The maximum Gasteiger partial charge on any atom is 0.256 e. The molecule has 1 N–H and O–H groups in total. The van der Waals surface area contributed by atoms with E-state index in [0.717, 1.165) is 16.1 Å². The number of aromatic nitrogens is 1. The van der Waals surface area contributed by atoms with Crippen LogP contribution in [0.2, 0.25) is 0 Å². The summed E-state index contributed by atoms with van der Waals surface area (Å²) < 4.78 is 0. The van der Waals surface area contributed by atoms with Gasteiger partial charge in [0.1, 0.15) is 0 Å². The van der Waals surface area contributed by atoms with E-state index in [0.29, 0.717) is 5.57 Å².